The van der Waals surface area contributed by atoms with Crippen molar-refractivity contribution in [1.82, 2.24) is 5.32 Å². The number of hydrogen-bond acceptors (Lipinski definition) is 4. The fraction of sp³-hybridized carbons (Fsp3) is 0.500. The molecule has 0 aliphatic carbocycles. The quantitative estimate of drug-likeness (QED) is 0.778. The van der Waals surface area contributed by atoms with E-state index in [0.29, 0.717) is 17.1 Å². The highest BCUT2D eigenvalue weighted by Crippen LogP contribution is 2.33. The van der Waals surface area contributed by atoms with Gasteiger partial charge in [-0.05, 0) is 50.5 Å². The molecule has 1 aliphatic rings. The monoisotopic (exact) mass is 283 g/mol. The molecule has 0 amide bonds. The number of phenolic OH excluding ortho intramolecular Hbond substituents is 1. The van der Waals surface area contributed by atoms with Crippen LogP contribution in [-0.2, 0) is 16.0 Å². The first-order valence-electron chi connectivity index (χ1n) is 6.25. The Kier molecular flexibility index (Phi) is 3.74. The molecule has 5 heteroatoms. The largest absolute Gasteiger partial charge is 0.508 e. The highest BCUT2D eigenvalue weighted by molar-refractivity contribution is 6.31. The molecule has 0 aromatic heterocycles. The SMILES string of the molecule is CC(C)(C)OC(=O)C1NCCc2c(Cl)cc(O)cc21. The number of rotatable bonds is 1. The molecule has 0 spiro atoms. The van der Waals surface area contributed by atoms with E-state index in [0.717, 1.165) is 12.0 Å². The number of carbonyl (C=O) groups excluding carboxylic acids is 1. The minimum atomic E-state index is -0.576. The zero-order chi connectivity index (χ0) is 14.2. The van der Waals surface area contributed by atoms with Crippen molar-refractivity contribution in [1.29, 1.82) is 0 Å². The first-order chi connectivity index (χ1) is 8.78. The predicted octanol–water partition coefficient (Wildman–Crippen LogP) is 2.57. The number of phenols is 1. The zero-order valence-electron chi connectivity index (χ0n) is 11.3. The van der Waals surface area contributed by atoms with Gasteiger partial charge in [0.2, 0.25) is 0 Å². The molecular weight excluding hydrogens is 266 g/mol. The van der Waals surface area contributed by atoms with Crippen molar-refractivity contribution < 1.29 is 14.6 Å². The minimum absolute atomic E-state index is 0.0565. The van der Waals surface area contributed by atoms with E-state index in [4.69, 9.17) is 16.3 Å². The molecule has 0 saturated heterocycles. The molecule has 1 heterocycles. The van der Waals surface area contributed by atoms with Crippen molar-refractivity contribution in [2.45, 2.75) is 38.8 Å². The summed E-state index contributed by atoms with van der Waals surface area (Å²) in [4.78, 5) is 12.2. The van der Waals surface area contributed by atoms with E-state index in [2.05, 4.69) is 5.32 Å². The van der Waals surface area contributed by atoms with Crippen LogP contribution in [0.3, 0.4) is 0 Å². The highest BCUT2D eigenvalue weighted by Gasteiger charge is 2.31. The summed E-state index contributed by atoms with van der Waals surface area (Å²) >= 11 is 6.11. The third-order valence-corrected chi connectivity index (χ3v) is 3.23. The lowest BCUT2D eigenvalue weighted by Crippen LogP contribution is -2.39. The molecule has 1 unspecified atom stereocenters. The third-order valence-electron chi connectivity index (χ3n) is 2.89. The number of esters is 1. The molecule has 4 nitrogen and oxygen atoms in total. The molecule has 19 heavy (non-hydrogen) atoms. The Labute approximate surface area is 117 Å². The van der Waals surface area contributed by atoms with Crippen molar-refractivity contribution >= 4 is 17.6 Å². The van der Waals surface area contributed by atoms with Gasteiger partial charge < -0.3 is 15.2 Å². The van der Waals surface area contributed by atoms with Crippen molar-refractivity contribution in [3.05, 3.63) is 28.3 Å². The normalized spacial score (nSPS) is 18.8. The number of ether oxygens (including phenoxy) is 1. The van der Waals surface area contributed by atoms with Crippen LogP contribution in [0.1, 0.15) is 37.9 Å². The van der Waals surface area contributed by atoms with Crippen molar-refractivity contribution in [2.24, 2.45) is 0 Å². The topological polar surface area (TPSA) is 58.6 Å². The summed E-state index contributed by atoms with van der Waals surface area (Å²) in [6.45, 7) is 6.12. The molecule has 2 rings (SSSR count). The molecular formula is C14H18ClNO3. The summed E-state index contributed by atoms with van der Waals surface area (Å²) in [5, 5.41) is 13.2. The number of aromatic hydroxyl groups is 1. The Morgan fingerprint density at radius 3 is 2.79 bits per heavy atom. The van der Waals surface area contributed by atoms with Crippen LogP contribution in [-0.4, -0.2) is 23.2 Å². The lowest BCUT2D eigenvalue weighted by atomic mass is 9.94. The van der Waals surface area contributed by atoms with Crippen molar-refractivity contribution in [3.8, 4) is 5.75 Å². The average molecular weight is 284 g/mol. The number of hydrogen-bond donors (Lipinski definition) is 2. The molecule has 1 aromatic rings. The van der Waals surface area contributed by atoms with Gasteiger partial charge in [-0.25, -0.2) is 4.79 Å². The number of halogens is 1. The molecule has 0 bridgehead atoms. The second kappa shape index (κ2) is 5.02. The molecule has 1 atom stereocenters. The molecule has 0 fully saturated rings. The second-order valence-corrected chi connectivity index (χ2v) is 6.07. The van der Waals surface area contributed by atoms with Gasteiger partial charge in [-0.15, -0.1) is 0 Å². The van der Waals surface area contributed by atoms with Gasteiger partial charge in [-0.3, -0.25) is 0 Å². The van der Waals surface area contributed by atoms with Crippen molar-refractivity contribution in [3.63, 3.8) is 0 Å². The van der Waals surface area contributed by atoms with Crippen molar-refractivity contribution in [2.75, 3.05) is 6.54 Å². The first kappa shape index (κ1) is 14.2. The number of nitrogens with one attached hydrogen (secondary N) is 1. The van der Waals surface area contributed by atoms with E-state index in [1.54, 1.807) is 6.07 Å². The van der Waals surface area contributed by atoms with Crippen LogP contribution in [0, 0.1) is 0 Å². The number of fused-ring (bicyclic) bond motifs is 1. The Hall–Kier alpha value is -1.26. The highest BCUT2D eigenvalue weighted by atomic mass is 35.5. The van der Waals surface area contributed by atoms with E-state index in [9.17, 15) is 9.90 Å². The lowest BCUT2D eigenvalue weighted by Gasteiger charge is -2.29. The summed E-state index contributed by atoms with van der Waals surface area (Å²) in [5.41, 5.74) is 1.05. The van der Waals surface area contributed by atoms with Gasteiger partial charge >= 0.3 is 5.97 Å². The first-order valence-corrected chi connectivity index (χ1v) is 6.63. The van der Waals surface area contributed by atoms with E-state index < -0.39 is 11.6 Å². The molecule has 0 saturated carbocycles. The number of benzene rings is 1. The minimum Gasteiger partial charge on any atom is -0.508 e. The molecule has 1 aliphatic heterocycles. The van der Waals surface area contributed by atoms with Gasteiger partial charge in [0.25, 0.3) is 0 Å². The molecule has 104 valence electrons. The summed E-state index contributed by atoms with van der Waals surface area (Å²) in [6.07, 6.45) is 0.730. The average Bonchev–Trinajstić information content (AvgIpc) is 2.25. The van der Waals surface area contributed by atoms with Crippen LogP contribution >= 0.6 is 11.6 Å². The molecule has 1 aromatic carbocycles. The standard InChI is InChI=1S/C14H18ClNO3/c1-14(2,3)19-13(18)12-10-6-8(17)7-11(15)9(10)4-5-16-12/h6-7,12,16-17H,4-5H2,1-3H3. The Morgan fingerprint density at radius 2 is 2.16 bits per heavy atom. The zero-order valence-corrected chi connectivity index (χ0v) is 12.0. The maximum Gasteiger partial charge on any atom is 0.328 e. The van der Waals surface area contributed by atoms with Crippen LogP contribution in [0.4, 0.5) is 0 Å². The van der Waals surface area contributed by atoms with Crippen LogP contribution < -0.4 is 5.32 Å². The number of carbonyl (C=O) groups is 1. The Bertz CT molecular complexity index is 508. The summed E-state index contributed by atoms with van der Waals surface area (Å²) in [5.74, 6) is -0.295. The fourth-order valence-corrected chi connectivity index (χ4v) is 2.50. The van der Waals surface area contributed by atoms with Gasteiger partial charge in [0.1, 0.15) is 17.4 Å². The third kappa shape index (κ3) is 3.19. The lowest BCUT2D eigenvalue weighted by molar-refractivity contribution is -0.157. The van der Waals surface area contributed by atoms with Gasteiger partial charge in [-0.1, -0.05) is 11.6 Å². The Balaban J connectivity index is 2.34. The maximum atomic E-state index is 12.2. The van der Waals surface area contributed by atoms with E-state index in [1.165, 1.54) is 6.07 Å². The van der Waals surface area contributed by atoms with Gasteiger partial charge in [0.05, 0.1) is 0 Å². The maximum absolute atomic E-state index is 12.2. The van der Waals surface area contributed by atoms with Gasteiger partial charge in [-0.2, -0.15) is 0 Å². The summed E-state index contributed by atoms with van der Waals surface area (Å²) < 4.78 is 5.39. The summed E-state index contributed by atoms with van der Waals surface area (Å²) in [6, 6.07) is 2.49. The fourth-order valence-electron chi connectivity index (χ4n) is 2.19. The van der Waals surface area contributed by atoms with E-state index in [1.807, 2.05) is 20.8 Å². The second-order valence-electron chi connectivity index (χ2n) is 5.67. The van der Waals surface area contributed by atoms with Crippen LogP contribution in [0.5, 0.6) is 5.75 Å². The molecule has 2 N–H and O–H groups in total. The predicted molar refractivity (Wildman–Crippen MR) is 73.4 cm³/mol. The van der Waals surface area contributed by atoms with Gasteiger partial charge in [0.15, 0.2) is 0 Å². The van der Waals surface area contributed by atoms with E-state index >= 15 is 0 Å². The Morgan fingerprint density at radius 1 is 1.47 bits per heavy atom. The smallest absolute Gasteiger partial charge is 0.328 e. The van der Waals surface area contributed by atoms with Crippen LogP contribution in [0.15, 0.2) is 12.1 Å². The molecule has 0 radical (unpaired) electrons. The van der Waals surface area contributed by atoms with Crippen LogP contribution in [0.25, 0.3) is 0 Å². The van der Waals surface area contributed by atoms with Gasteiger partial charge in [0, 0.05) is 11.6 Å². The summed E-state index contributed by atoms with van der Waals surface area (Å²) in [7, 11) is 0. The van der Waals surface area contributed by atoms with Crippen LogP contribution in [0.2, 0.25) is 5.02 Å². The van der Waals surface area contributed by atoms with E-state index in [-0.39, 0.29) is 11.7 Å².